The number of hydrogen-bond acceptors (Lipinski definition) is 1. The van der Waals surface area contributed by atoms with E-state index in [1.807, 2.05) is 0 Å². The minimum Gasteiger partial charge on any atom is -0.311 e. The SMILES string of the molecule is c1ccc(-c2ccc(N(c3ccc(-c4ccccc4)cc3)c3ccc(-c4ccc5c(c4)c4ccccc4n5-c4ccc5c(c4)C4(c6ccccc6-c6ccccc64)c4ccccc4-5)cc3)cc2)cc1. The van der Waals surface area contributed by atoms with Gasteiger partial charge in [0.25, 0.3) is 0 Å². The summed E-state index contributed by atoms with van der Waals surface area (Å²) in [7, 11) is 0. The number of anilines is 3. The second-order valence-corrected chi connectivity index (χ2v) is 18.4. The number of aromatic nitrogens is 1. The highest BCUT2D eigenvalue weighted by Gasteiger charge is 2.51. The van der Waals surface area contributed by atoms with Crippen LogP contribution < -0.4 is 4.90 Å². The van der Waals surface area contributed by atoms with Gasteiger partial charge < -0.3 is 9.47 Å². The number of para-hydroxylation sites is 1. The zero-order valence-corrected chi connectivity index (χ0v) is 37.8. The van der Waals surface area contributed by atoms with Crippen LogP contribution in [0.5, 0.6) is 0 Å². The fourth-order valence-electron chi connectivity index (χ4n) is 11.8. The molecule has 0 amide bonds. The van der Waals surface area contributed by atoms with Crippen molar-refractivity contribution in [2.75, 3.05) is 4.90 Å². The van der Waals surface area contributed by atoms with E-state index in [-0.39, 0.29) is 0 Å². The molecule has 0 aliphatic heterocycles. The molecule has 12 aromatic rings. The Hall–Kier alpha value is -8.98. The molecule has 0 N–H and O–H groups in total. The Bertz CT molecular complexity index is 3770. The number of nitrogens with zero attached hydrogens (tertiary/aromatic N) is 2. The Balaban J connectivity index is 0.864. The third kappa shape index (κ3) is 5.99. The van der Waals surface area contributed by atoms with Gasteiger partial charge in [-0.1, -0.05) is 200 Å². The van der Waals surface area contributed by atoms with Gasteiger partial charge in [-0.05, 0) is 145 Å². The maximum Gasteiger partial charge on any atom is 0.0726 e. The van der Waals surface area contributed by atoms with Crippen LogP contribution in [-0.4, -0.2) is 4.57 Å². The fraction of sp³-hybridized carbons (Fsp3) is 0.0149. The Morgan fingerprint density at radius 3 is 1.17 bits per heavy atom. The molecule has 0 unspecified atom stereocenters. The summed E-state index contributed by atoms with van der Waals surface area (Å²) in [6.45, 7) is 0. The number of hydrogen-bond donors (Lipinski definition) is 0. The quantitative estimate of drug-likeness (QED) is 0.155. The summed E-state index contributed by atoms with van der Waals surface area (Å²) < 4.78 is 2.48. The number of rotatable bonds is 7. The lowest BCUT2D eigenvalue weighted by Crippen LogP contribution is -2.26. The molecule has 1 heterocycles. The average molecular weight is 877 g/mol. The van der Waals surface area contributed by atoms with Crippen molar-refractivity contribution in [2.45, 2.75) is 5.41 Å². The van der Waals surface area contributed by atoms with Gasteiger partial charge in [-0.15, -0.1) is 0 Å². The monoisotopic (exact) mass is 876 g/mol. The van der Waals surface area contributed by atoms with Crippen LogP contribution in [-0.2, 0) is 5.41 Å². The van der Waals surface area contributed by atoms with E-state index < -0.39 is 5.41 Å². The first-order chi connectivity index (χ1) is 34.2. The topological polar surface area (TPSA) is 8.17 Å². The Labute approximate surface area is 402 Å². The van der Waals surface area contributed by atoms with Gasteiger partial charge in [0.2, 0.25) is 0 Å². The molecule has 14 rings (SSSR count). The van der Waals surface area contributed by atoms with Crippen LogP contribution in [0.3, 0.4) is 0 Å². The van der Waals surface area contributed by atoms with Gasteiger partial charge in [0.15, 0.2) is 0 Å². The first-order valence-electron chi connectivity index (χ1n) is 23.9. The average Bonchev–Trinajstić information content (AvgIpc) is 4.03. The standard InChI is InChI=1S/C67H44N2/c1-3-15-45(16-4-1)47-27-34-51(35-28-47)68(52-36-29-48(30-37-52)46-17-5-2-6-18-46)53-38-31-49(32-39-53)50-33-42-66-60(43-50)59-22-10-14-26-65(59)69(66)54-40-41-58-57-21-9-13-25-63(57)67(64(58)44-54)61-23-11-7-19-55(61)56-20-8-12-24-62(56)67/h1-44H. The van der Waals surface area contributed by atoms with E-state index >= 15 is 0 Å². The molecule has 1 aromatic heterocycles. The highest BCUT2D eigenvalue weighted by molar-refractivity contribution is 6.10. The van der Waals surface area contributed by atoms with Crippen LogP contribution in [0.15, 0.2) is 267 Å². The van der Waals surface area contributed by atoms with Gasteiger partial charge >= 0.3 is 0 Å². The van der Waals surface area contributed by atoms with E-state index in [4.69, 9.17) is 0 Å². The first kappa shape index (κ1) is 39.2. The lowest BCUT2D eigenvalue weighted by molar-refractivity contribution is 0.792. The molecule has 2 aliphatic rings. The van der Waals surface area contributed by atoms with E-state index in [1.165, 1.54) is 105 Å². The summed E-state index contributed by atoms with van der Waals surface area (Å²) in [4.78, 5) is 2.35. The Morgan fingerprint density at radius 2 is 0.652 bits per heavy atom. The van der Waals surface area contributed by atoms with Crippen molar-refractivity contribution in [1.29, 1.82) is 0 Å². The fourth-order valence-corrected chi connectivity index (χ4v) is 11.8. The summed E-state index contributed by atoms with van der Waals surface area (Å²) in [5.41, 5.74) is 24.3. The third-order valence-corrected chi connectivity index (χ3v) is 14.8. The van der Waals surface area contributed by atoms with E-state index in [2.05, 4.69) is 276 Å². The van der Waals surface area contributed by atoms with Crippen LogP contribution in [0.1, 0.15) is 22.3 Å². The summed E-state index contributed by atoms with van der Waals surface area (Å²) in [5.74, 6) is 0. The summed E-state index contributed by atoms with van der Waals surface area (Å²) in [5, 5.41) is 2.48. The summed E-state index contributed by atoms with van der Waals surface area (Å²) in [6.07, 6.45) is 0. The second-order valence-electron chi connectivity index (χ2n) is 18.4. The minimum atomic E-state index is -0.403. The van der Waals surface area contributed by atoms with Crippen molar-refractivity contribution < 1.29 is 0 Å². The van der Waals surface area contributed by atoms with Crippen LogP contribution in [0.2, 0.25) is 0 Å². The van der Waals surface area contributed by atoms with Gasteiger partial charge in [-0.2, -0.15) is 0 Å². The molecule has 2 nitrogen and oxygen atoms in total. The van der Waals surface area contributed by atoms with Crippen molar-refractivity contribution >= 4 is 38.9 Å². The largest absolute Gasteiger partial charge is 0.311 e. The molecule has 2 heteroatoms. The first-order valence-corrected chi connectivity index (χ1v) is 23.9. The Morgan fingerprint density at radius 1 is 0.261 bits per heavy atom. The zero-order chi connectivity index (χ0) is 45.5. The van der Waals surface area contributed by atoms with Gasteiger partial charge in [0, 0.05) is 33.5 Å². The van der Waals surface area contributed by atoms with Gasteiger partial charge in [0.05, 0.1) is 16.4 Å². The van der Waals surface area contributed by atoms with Gasteiger partial charge in [-0.3, -0.25) is 0 Å². The number of fused-ring (bicyclic) bond motifs is 13. The van der Waals surface area contributed by atoms with Crippen LogP contribution in [0.25, 0.3) is 83.1 Å². The van der Waals surface area contributed by atoms with Gasteiger partial charge in [-0.25, -0.2) is 0 Å². The molecule has 2 aliphatic carbocycles. The summed E-state index contributed by atoms with van der Waals surface area (Å²) in [6, 6.07) is 98.3. The summed E-state index contributed by atoms with van der Waals surface area (Å²) >= 11 is 0. The van der Waals surface area contributed by atoms with Crippen molar-refractivity contribution in [3.63, 3.8) is 0 Å². The molecule has 0 bridgehead atoms. The smallest absolute Gasteiger partial charge is 0.0726 e. The van der Waals surface area contributed by atoms with Crippen LogP contribution in [0.4, 0.5) is 17.1 Å². The number of benzene rings is 11. The molecule has 322 valence electrons. The van der Waals surface area contributed by atoms with E-state index in [0.717, 1.165) is 17.1 Å². The normalized spacial score (nSPS) is 12.8. The molecule has 1 spiro atoms. The van der Waals surface area contributed by atoms with Gasteiger partial charge in [0.1, 0.15) is 0 Å². The zero-order valence-electron chi connectivity index (χ0n) is 37.8. The minimum absolute atomic E-state index is 0.403. The molecular weight excluding hydrogens is 833 g/mol. The van der Waals surface area contributed by atoms with E-state index in [9.17, 15) is 0 Å². The van der Waals surface area contributed by atoms with Crippen LogP contribution >= 0.6 is 0 Å². The van der Waals surface area contributed by atoms with Crippen molar-refractivity contribution in [3.05, 3.63) is 289 Å². The molecular formula is C67H44N2. The highest BCUT2D eigenvalue weighted by atomic mass is 15.1. The van der Waals surface area contributed by atoms with Crippen molar-refractivity contribution in [2.24, 2.45) is 0 Å². The lowest BCUT2D eigenvalue weighted by atomic mass is 9.70. The molecule has 0 saturated carbocycles. The maximum absolute atomic E-state index is 2.49. The van der Waals surface area contributed by atoms with E-state index in [0.29, 0.717) is 0 Å². The van der Waals surface area contributed by atoms with Crippen molar-refractivity contribution in [1.82, 2.24) is 4.57 Å². The molecule has 0 saturated heterocycles. The van der Waals surface area contributed by atoms with Crippen molar-refractivity contribution in [3.8, 4) is 61.3 Å². The third-order valence-electron chi connectivity index (χ3n) is 14.8. The molecule has 11 aromatic carbocycles. The Kier molecular flexibility index (Phi) is 8.84. The lowest BCUT2D eigenvalue weighted by Gasteiger charge is -2.30. The van der Waals surface area contributed by atoms with Crippen LogP contribution in [0, 0.1) is 0 Å². The molecule has 69 heavy (non-hydrogen) atoms. The molecule has 0 atom stereocenters. The predicted octanol–water partition coefficient (Wildman–Crippen LogP) is 17.6. The second kappa shape index (κ2) is 15.6. The predicted molar refractivity (Wildman–Crippen MR) is 288 cm³/mol. The maximum atomic E-state index is 2.49. The highest BCUT2D eigenvalue weighted by Crippen LogP contribution is 2.63. The van der Waals surface area contributed by atoms with E-state index in [1.54, 1.807) is 0 Å². The molecule has 0 fully saturated rings. The molecule has 0 radical (unpaired) electrons.